The molecule has 1 aliphatic carbocycles. The minimum atomic E-state index is -4.45. The van der Waals surface area contributed by atoms with Crippen molar-refractivity contribution in [3.8, 4) is 0 Å². The highest BCUT2D eigenvalue weighted by Gasteiger charge is 2.38. The maximum absolute atomic E-state index is 13.1. The third-order valence-corrected chi connectivity index (χ3v) is 3.70. The van der Waals surface area contributed by atoms with Gasteiger partial charge in [-0.2, -0.15) is 13.2 Å². The normalized spacial score (nSPS) is 16.3. The molecule has 0 saturated heterocycles. The predicted molar refractivity (Wildman–Crippen MR) is 69.0 cm³/mol. The molecule has 7 heteroatoms. The van der Waals surface area contributed by atoms with Crippen molar-refractivity contribution in [3.63, 3.8) is 0 Å². The van der Waals surface area contributed by atoms with Gasteiger partial charge in [0, 0.05) is 23.3 Å². The summed E-state index contributed by atoms with van der Waals surface area (Å²) in [4.78, 5) is 5.48. The maximum atomic E-state index is 13.1. The van der Waals surface area contributed by atoms with Crippen LogP contribution in [0.25, 0.3) is 0 Å². The van der Waals surface area contributed by atoms with Crippen molar-refractivity contribution in [2.75, 3.05) is 18.1 Å². The zero-order valence-electron chi connectivity index (χ0n) is 10.1. The van der Waals surface area contributed by atoms with Gasteiger partial charge in [0.25, 0.3) is 0 Å². The fourth-order valence-corrected chi connectivity index (χ4v) is 2.47. The van der Waals surface area contributed by atoms with Gasteiger partial charge in [0.15, 0.2) is 0 Å². The number of aliphatic hydroxyl groups excluding tert-OH is 1. The smallest absolute Gasteiger partial charge is 0.395 e. The van der Waals surface area contributed by atoms with E-state index in [9.17, 15) is 13.2 Å². The molecule has 0 bridgehead atoms. The molecule has 1 N–H and O–H groups in total. The van der Waals surface area contributed by atoms with Crippen LogP contribution in [0.15, 0.2) is 16.7 Å². The molecule has 0 unspecified atom stereocenters. The molecule has 0 aliphatic heterocycles. The predicted octanol–water partition coefficient (Wildman–Crippen LogP) is 3.21. The Hall–Kier alpha value is -0.820. The summed E-state index contributed by atoms with van der Waals surface area (Å²) in [5.74, 6) is -0.0885. The number of aliphatic hydroxyl groups is 1. The summed E-state index contributed by atoms with van der Waals surface area (Å²) in [6, 6.07) is 1.08. The van der Waals surface area contributed by atoms with Crippen LogP contribution in [0.4, 0.5) is 19.0 Å². The molecule has 1 aromatic rings. The Labute approximate surface area is 117 Å². The third kappa shape index (κ3) is 3.20. The van der Waals surface area contributed by atoms with Gasteiger partial charge in [-0.15, -0.1) is 0 Å². The Balaban J connectivity index is 2.40. The summed E-state index contributed by atoms with van der Waals surface area (Å²) in [6.45, 7) is -0.0199. The van der Waals surface area contributed by atoms with E-state index in [1.807, 2.05) is 0 Å². The largest absolute Gasteiger partial charge is 0.419 e. The second-order valence-corrected chi connectivity index (χ2v) is 5.44. The van der Waals surface area contributed by atoms with Crippen LogP contribution in [0.5, 0.6) is 0 Å². The van der Waals surface area contributed by atoms with Gasteiger partial charge in [-0.1, -0.05) is 0 Å². The molecule has 2 rings (SSSR count). The van der Waals surface area contributed by atoms with E-state index >= 15 is 0 Å². The highest BCUT2D eigenvalue weighted by Crippen LogP contribution is 2.39. The van der Waals surface area contributed by atoms with Crippen LogP contribution in [0, 0.1) is 0 Å². The topological polar surface area (TPSA) is 36.4 Å². The molecule has 1 heterocycles. The number of anilines is 1. The van der Waals surface area contributed by atoms with Gasteiger partial charge < -0.3 is 10.0 Å². The molecule has 1 fully saturated rings. The molecule has 0 aromatic carbocycles. The Kier molecular flexibility index (Phi) is 4.35. The Morgan fingerprint density at radius 3 is 2.58 bits per heavy atom. The van der Waals surface area contributed by atoms with E-state index in [0.717, 1.165) is 25.3 Å². The van der Waals surface area contributed by atoms with Gasteiger partial charge in [-0.05, 0) is 41.3 Å². The number of hydrogen-bond donors (Lipinski definition) is 1. The maximum Gasteiger partial charge on any atom is 0.419 e. The summed E-state index contributed by atoms with van der Waals surface area (Å²) in [6.07, 6.45) is -0.411. The zero-order chi connectivity index (χ0) is 14.0. The van der Waals surface area contributed by atoms with Crippen LogP contribution in [-0.2, 0) is 6.18 Å². The number of pyridine rings is 1. The molecule has 0 spiro atoms. The second kappa shape index (κ2) is 5.66. The van der Waals surface area contributed by atoms with Crippen molar-refractivity contribution in [2.24, 2.45) is 0 Å². The third-order valence-electron chi connectivity index (χ3n) is 3.27. The van der Waals surface area contributed by atoms with Crippen molar-refractivity contribution in [2.45, 2.75) is 31.5 Å². The molecule has 0 atom stereocenters. The van der Waals surface area contributed by atoms with E-state index in [0.29, 0.717) is 4.47 Å². The average Bonchev–Trinajstić information content (AvgIpc) is 2.25. The lowest BCUT2D eigenvalue weighted by Gasteiger charge is -2.39. The highest BCUT2D eigenvalue weighted by molar-refractivity contribution is 9.10. The molecular formula is C12H14BrF3N2O. The molecular weight excluding hydrogens is 325 g/mol. The highest BCUT2D eigenvalue weighted by atomic mass is 79.9. The first-order valence-electron chi connectivity index (χ1n) is 6.03. The van der Waals surface area contributed by atoms with Crippen LogP contribution < -0.4 is 4.90 Å². The number of halogens is 4. The monoisotopic (exact) mass is 338 g/mol. The molecule has 1 aromatic heterocycles. The second-order valence-electron chi connectivity index (χ2n) is 4.52. The average molecular weight is 339 g/mol. The van der Waals surface area contributed by atoms with Crippen molar-refractivity contribution in [1.29, 1.82) is 0 Å². The lowest BCUT2D eigenvalue weighted by Crippen LogP contribution is -2.43. The van der Waals surface area contributed by atoms with Gasteiger partial charge in [0.1, 0.15) is 5.82 Å². The first-order valence-corrected chi connectivity index (χ1v) is 6.83. The van der Waals surface area contributed by atoms with E-state index in [1.54, 1.807) is 4.90 Å². The van der Waals surface area contributed by atoms with Gasteiger partial charge >= 0.3 is 6.18 Å². The van der Waals surface area contributed by atoms with E-state index in [4.69, 9.17) is 5.11 Å². The standard InChI is InChI=1S/C12H14BrF3N2O/c13-8-6-10(12(14,15)16)11(17-7-8)18(4-5-19)9-2-1-3-9/h6-7,9,19H,1-5H2. The molecule has 0 amide bonds. The van der Waals surface area contributed by atoms with Gasteiger partial charge in [-0.3, -0.25) is 0 Å². The Bertz CT molecular complexity index is 449. The molecule has 106 valence electrons. The van der Waals surface area contributed by atoms with Crippen molar-refractivity contribution < 1.29 is 18.3 Å². The zero-order valence-corrected chi connectivity index (χ0v) is 11.7. The lowest BCUT2D eigenvalue weighted by atomic mass is 9.91. The summed E-state index contributed by atoms with van der Waals surface area (Å²) >= 11 is 3.01. The Morgan fingerprint density at radius 2 is 2.11 bits per heavy atom. The SMILES string of the molecule is OCCN(c1ncc(Br)cc1C(F)(F)F)C1CCC1. The summed E-state index contributed by atoms with van der Waals surface area (Å²) in [7, 11) is 0. The molecule has 19 heavy (non-hydrogen) atoms. The first-order chi connectivity index (χ1) is 8.93. The van der Waals surface area contributed by atoms with Crippen molar-refractivity contribution >= 4 is 21.7 Å². The quantitative estimate of drug-likeness (QED) is 0.915. The van der Waals surface area contributed by atoms with Gasteiger partial charge in [0.2, 0.25) is 0 Å². The lowest BCUT2D eigenvalue weighted by molar-refractivity contribution is -0.137. The molecule has 1 aliphatic rings. The number of hydrogen-bond acceptors (Lipinski definition) is 3. The van der Waals surface area contributed by atoms with Crippen LogP contribution in [-0.4, -0.2) is 29.3 Å². The fourth-order valence-electron chi connectivity index (χ4n) is 2.14. The number of rotatable bonds is 4. The van der Waals surface area contributed by atoms with Gasteiger partial charge in [-0.25, -0.2) is 4.98 Å². The fraction of sp³-hybridized carbons (Fsp3) is 0.583. The number of nitrogens with zero attached hydrogens (tertiary/aromatic N) is 2. The van der Waals surface area contributed by atoms with Crippen LogP contribution >= 0.6 is 15.9 Å². The van der Waals surface area contributed by atoms with E-state index in [-0.39, 0.29) is 25.0 Å². The van der Waals surface area contributed by atoms with Gasteiger partial charge in [0.05, 0.1) is 12.2 Å². The minimum Gasteiger partial charge on any atom is -0.395 e. The molecule has 1 saturated carbocycles. The summed E-state index contributed by atoms with van der Waals surface area (Å²) in [5.41, 5.74) is -0.762. The molecule has 0 radical (unpaired) electrons. The van der Waals surface area contributed by atoms with Crippen LogP contribution in [0.2, 0.25) is 0 Å². The minimum absolute atomic E-state index is 0.0434. The number of aromatic nitrogens is 1. The van der Waals surface area contributed by atoms with E-state index in [2.05, 4.69) is 20.9 Å². The van der Waals surface area contributed by atoms with E-state index in [1.165, 1.54) is 6.20 Å². The van der Waals surface area contributed by atoms with Crippen molar-refractivity contribution in [3.05, 3.63) is 22.3 Å². The van der Waals surface area contributed by atoms with E-state index < -0.39 is 11.7 Å². The first kappa shape index (κ1) is 14.6. The summed E-state index contributed by atoms with van der Waals surface area (Å²) in [5, 5.41) is 9.05. The summed E-state index contributed by atoms with van der Waals surface area (Å²) < 4.78 is 39.5. The van der Waals surface area contributed by atoms with Crippen LogP contribution in [0.3, 0.4) is 0 Å². The molecule has 3 nitrogen and oxygen atoms in total. The van der Waals surface area contributed by atoms with Crippen LogP contribution in [0.1, 0.15) is 24.8 Å². The number of alkyl halides is 3. The Morgan fingerprint density at radius 1 is 1.42 bits per heavy atom. The van der Waals surface area contributed by atoms with Crippen molar-refractivity contribution in [1.82, 2.24) is 4.98 Å².